The van der Waals surface area contributed by atoms with Gasteiger partial charge in [-0.1, -0.05) is 17.4 Å². The SMILES string of the molecule is CS(=O)NC(=O)c1cccc(-c2nnc(-c3cncc(F)c3)s2)n1. The Morgan fingerprint density at radius 1 is 1.25 bits per heavy atom. The molecule has 0 radical (unpaired) electrons. The van der Waals surface area contributed by atoms with Crippen LogP contribution in [0.25, 0.3) is 21.3 Å². The molecule has 3 heterocycles. The largest absolute Gasteiger partial charge is 0.281 e. The number of rotatable bonds is 4. The zero-order valence-electron chi connectivity index (χ0n) is 12.3. The van der Waals surface area contributed by atoms with Crippen molar-refractivity contribution in [2.45, 2.75) is 0 Å². The van der Waals surface area contributed by atoms with Crippen LogP contribution >= 0.6 is 11.3 Å². The monoisotopic (exact) mass is 363 g/mol. The first-order valence-corrected chi connectivity index (χ1v) is 8.96. The molecule has 1 amide bonds. The highest BCUT2D eigenvalue weighted by atomic mass is 32.2. The highest BCUT2D eigenvalue weighted by Gasteiger charge is 2.14. The number of hydrogen-bond donors (Lipinski definition) is 1. The fraction of sp³-hybridized carbons (Fsp3) is 0.0714. The number of carbonyl (C=O) groups excluding carboxylic acids is 1. The number of hydrogen-bond acceptors (Lipinski definition) is 7. The van der Waals surface area contributed by atoms with Crippen LogP contribution in [-0.4, -0.2) is 36.5 Å². The Labute approximate surface area is 142 Å². The molecule has 0 bridgehead atoms. The first-order chi connectivity index (χ1) is 11.5. The molecule has 0 aliphatic heterocycles. The summed E-state index contributed by atoms with van der Waals surface area (Å²) in [5.74, 6) is -1.01. The van der Waals surface area contributed by atoms with Crippen molar-refractivity contribution < 1.29 is 13.4 Å². The van der Waals surface area contributed by atoms with Crippen molar-refractivity contribution in [3.63, 3.8) is 0 Å². The summed E-state index contributed by atoms with van der Waals surface area (Å²) in [4.78, 5) is 19.8. The first-order valence-electron chi connectivity index (χ1n) is 6.59. The molecule has 0 aliphatic rings. The van der Waals surface area contributed by atoms with Crippen LogP contribution < -0.4 is 4.72 Å². The molecule has 10 heteroatoms. The molecule has 0 fully saturated rings. The fourth-order valence-corrected chi connectivity index (χ4v) is 3.00. The van der Waals surface area contributed by atoms with Gasteiger partial charge in [-0.3, -0.25) is 14.5 Å². The lowest BCUT2D eigenvalue weighted by Gasteiger charge is -2.02. The van der Waals surface area contributed by atoms with Gasteiger partial charge in [0.05, 0.1) is 6.20 Å². The van der Waals surface area contributed by atoms with E-state index in [-0.39, 0.29) is 5.69 Å². The van der Waals surface area contributed by atoms with E-state index in [1.807, 2.05) is 0 Å². The van der Waals surface area contributed by atoms with Crippen LogP contribution in [0.2, 0.25) is 0 Å². The second kappa shape index (κ2) is 6.89. The molecule has 0 spiro atoms. The molecule has 24 heavy (non-hydrogen) atoms. The zero-order valence-corrected chi connectivity index (χ0v) is 13.9. The fourth-order valence-electron chi connectivity index (χ4n) is 1.84. The summed E-state index contributed by atoms with van der Waals surface area (Å²) >= 11 is 1.20. The Hall–Kier alpha value is -2.59. The van der Waals surface area contributed by atoms with E-state index in [0.29, 0.717) is 21.3 Å². The van der Waals surface area contributed by atoms with Crippen molar-refractivity contribution in [1.29, 1.82) is 0 Å². The van der Waals surface area contributed by atoms with Gasteiger partial charge in [0.1, 0.15) is 33.2 Å². The van der Waals surface area contributed by atoms with Gasteiger partial charge in [0.15, 0.2) is 5.01 Å². The van der Waals surface area contributed by atoms with Crippen LogP contribution in [0.3, 0.4) is 0 Å². The number of nitrogens with one attached hydrogen (secondary N) is 1. The van der Waals surface area contributed by atoms with Crippen LogP contribution in [0, 0.1) is 5.82 Å². The third kappa shape index (κ3) is 3.66. The van der Waals surface area contributed by atoms with Crippen molar-refractivity contribution in [3.8, 4) is 21.3 Å². The Balaban J connectivity index is 1.90. The summed E-state index contributed by atoms with van der Waals surface area (Å²) in [5, 5.41) is 8.98. The summed E-state index contributed by atoms with van der Waals surface area (Å²) in [7, 11) is -1.48. The van der Waals surface area contributed by atoms with E-state index >= 15 is 0 Å². The normalized spacial score (nSPS) is 11.9. The highest BCUT2D eigenvalue weighted by Crippen LogP contribution is 2.28. The van der Waals surface area contributed by atoms with E-state index in [9.17, 15) is 13.4 Å². The van der Waals surface area contributed by atoms with E-state index in [0.717, 1.165) is 6.20 Å². The Morgan fingerprint density at radius 2 is 2.04 bits per heavy atom. The van der Waals surface area contributed by atoms with E-state index < -0.39 is 22.7 Å². The number of halogens is 1. The van der Waals surface area contributed by atoms with Crippen LogP contribution in [-0.2, 0) is 11.0 Å². The summed E-state index contributed by atoms with van der Waals surface area (Å²) in [6.45, 7) is 0. The number of amides is 1. The minimum Gasteiger partial charge on any atom is -0.270 e. The molecule has 7 nitrogen and oxygen atoms in total. The van der Waals surface area contributed by atoms with Crippen LogP contribution in [0.5, 0.6) is 0 Å². The second-order valence-corrected chi connectivity index (χ2v) is 6.69. The van der Waals surface area contributed by atoms with Crippen molar-refractivity contribution in [2.75, 3.05) is 6.26 Å². The van der Waals surface area contributed by atoms with Gasteiger partial charge < -0.3 is 0 Å². The van der Waals surface area contributed by atoms with Crippen LogP contribution in [0.15, 0.2) is 36.7 Å². The van der Waals surface area contributed by atoms with Crippen molar-refractivity contribution in [1.82, 2.24) is 24.9 Å². The Kier molecular flexibility index (Phi) is 4.67. The van der Waals surface area contributed by atoms with E-state index in [4.69, 9.17) is 0 Å². The molecular weight excluding hydrogens is 353 g/mol. The summed E-state index contributed by atoms with van der Waals surface area (Å²) in [6, 6.07) is 6.13. The molecular formula is C14H10FN5O2S2. The third-order valence-corrected chi connectivity index (χ3v) is 4.28. The highest BCUT2D eigenvalue weighted by molar-refractivity contribution is 7.82. The molecule has 3 rings (SSSR count). The molecule has 1 atom stereocenters. The lowest BCUT2D eigenvalue weighted by molar-refractivity contribution is 0.0978. The van der Waals surface area contributed by atoms with Gasteiger partial charge in [0, 0.05) is 18.0 Å². The molecule has 0 saturated carbocycles. The van der Waals surface area contributed by atoms with Gasteiger partial charge in [-0.05, 0) is 18.2 Å². The average molecular weight is 363 g/mol. The van der Waals surface area contributed by atoms with E-state index in [2.05, 4.69) is 24.9 Å². The van der Waals surface area contributed by atoms with Gasteiger partial charge in [-0.25, -0.2) is 13.6 Å². The minimum atomic E-state index is -1.48. The molecule has 0 saturated heterocycles. The molecule has 0 aliphatic carbocycles. The topological polar surface area (TPSA) is 97.7 Å². The molecule has 1 unspecified atom stereocenters. The number of nitrogens with zero attached hydrogens (tertiary/aromatic N) is 4. The van der Waals surface area contributed by atoms with Crippen molar-refractivity contribution >= 4 is 28.2 Å². The predicted molar refractivity (Wildman–Crippen MR) is 87.9 cm³/mol. The Bertz CT molecular complexity index is 931. The number of pyridine rings is 2. The maximum absolute atomic E-state index is 13.2. The molecule has 0 aromatic carbocycles. The summed E-state index contributed by atoms with van der Waals surface area (Å²) in [6.07, 6.45) is 3.94. The van der Waals surface area contributed by atoms with Crippen molar-refractivity contribution in [3.05, 3.63) is 48.2 Å². The van der Waals surface area contributed by atoms with E-state index in [1.54, 1.807) is 12.1 Å². The lowest BCUT2D eigenvalue weighted by atomic mass is 10.3. The smallest absolute Gasteiger partial charge is 0.270 e. The summed E-state index contributed by atoms with van der Waals surface area (Å²) in [5.41, 5.74) is 1.07. The van der Waals surface area contributed by atoms with Gasteiger partial charge in [0.2, 0.25) is 0 Å². The molecule has 1 N–H and O–H groups in total. The maximum atomic E-state index is 13.2. The van der Waals surface area contributed by atoms with E-state index in [1.165, 1.54) is 35.9 Å². The van der Waals surface area contributed by atoms with Gasteiger partial charge in [-0.2, -0.15) is 0 Å². The van der Waals surface area contributed by atoms with Crippen LogP contribution in [0.4, 0.5) is 4.39 Å². The van der Waals surface area contributed by atoms with Gasteiger partial charge in [0.25, 0.3) is 5.91 Å². The Morgan fingerprint density at radius 3 is 2.79 bits per heavy atom. The standard InChI is InChI=1S/C14H10FN5O2S2/c1-24(22)20-12(21)10-3-2-4-11(17-10)14-19-18-13(23-14)8-5-9(15)7-16-6-8/h2-7H,1H3,(H,20,21). The molecule has 3 aromatic rings. The molecule has 122 valence electrons. The third-order valence-electron chi connectivity index (χ3n) is 2.81. The first kappa shape index (κ1) is 16.3. The minimum absolute atomic E-state index is 0.117. The average Bonchev–Trinajstić information content (AvgIpc) is 3.04. The van der Waals surface area contributed by atoms with Crippen molar-refractivity contribution in [2.24, 2.45) is 0 Å². The quantitative estimate of drug-likeness (QED) is 0.759. The molecule has 3 aromatic heterocycles. The zero-order chi connectivity index (χ0) is 17.1. The number of aromatic nitrogens is 4. The van der Waals surface area contributed by atoms with Gasteiger partial charge >= 0.3 is 0 Å². The number of carbonyl (C=O) groups is 1. The lowest BCUT2D eigenvalue weighted by Crippen LogP contribution is -2.25. The second-order valence-electron chi connectivity index (χ2n) is 4.60. The maximum Gasteiger partial charge on any atom is 0.281 e. The van der Waals surface area contributed by atoms with Gasteiger partial charge in [-0.15, -0.1) is 10.2 Å². The van der Waals surface area contributed by atoms with Crippen LogP contribution in [0.1, 0.15) is 10.5 Å². The summed E-state index contributed by atoms with van der Waals surface area (Å²) < 4.78 is 26.6. The predicted octanol–water partition coefficient (Wildman–Crippen LogP) is 1.82.